The third kappa shape index (κ3) is 9.87. The van der Waals surface area contributed by atoms with Crippen LogP contribution in [0.4, 0.5) is 34.1 Å². The Morgan fingerprint density at radius 3 is 0.716 bits per heavy atom. The molecule has 0 N–H and O–H groups in total. The number of hydrogen-bond acceptors (Lipinski definition) is 2. The molecule has 21 rings (SSSR count). The predicted octanol–water partition coefficient (Wildman–Crippen LogP) is 29.9. The first-order valence-electron chi connectivity index (χ1n) is 38.9. The first-order valence-corrected chi connectivity index (χ1v) is 38.9. The Kier molecular flexibility index (Phi) is 14.5. The SMILES string of the molecule is CCC1(CC)c2cc(C=Cc3ccc4c(c3)C(C)(C)c3cc(N(c5cc6ccccc6c6ccccc56)c5cc6ccccc6c6ccccc56)ccc3-4)ccc2-c2ccc(C=Cc3ccc4c(c3)C(C)(C)c3cc(N(c5cc6ccccc6c6ccccc56)c5cc6ccccc6c6ccccc56)ccc3-4)cc21. The number of benzene rings is 18. The first-order chi connectivity index (χ1) is 53.4. The summed E-state index contributed by atoms with van der Waals surface area (Å²) in [5.41, 5.74) is 27.3. The number of nitrogens with zero attached hydrogens (tertiary/aromatic N) is 2. The molecule has 0 aliphatic heterocycles. The maximum atomic E-state index is 2.55. The van der Waals surface area contributed by atoms with Crippen molar-refractivity contribution in [2.24, 2.45) is 0 Å². The summed E-state index contributed by atoms with van der Waals surface area (Å²) in [7, 11) is 0. The molecule has 0 unspecified atom stereocenters. The van der Waals surface area contributed by atoms with Gasteiger partial charge in [-0.3, -0.25) is 0 Å². The monoisotopic (exact) mass is 1390 g/mol. The standard InChI is InChI=1S/C107H80N2/c1-7-107(8-2)99-59-69(43-41-67-45-51-85-87-55-49-75(65-97(87)105(3,4)95(85)57-67)108(101-61-71-25-9-13-29-77(71)81-33-17-21-37-91(81)101)102-62-72-26-10-14-30-78(72)82-34-18-22-38-92(82)102)47-53-89(99)90-54-48-70(60-100(90)107)44-42-68-46-52-86-88-56-50-76(66-98(88)106(5,6)96(86)58-68)109(103-63-73-27-11-15-31-79(73)83-35-19-23-39-93(83)103)104-64-74-28-12-16-32-80(74)84-36-20-24-40-94(84)104/h9-66H,7-8H2,1-6H3. The van der Waals surface area contributed by atoms with Gasteiger partial charge in [0.2, 0.25) is 0 Å². The van der Waals surface area contributed by atoms with Crippen molar-refractivity contribution in [1.29, 1.82) is 0 Å². The second kappa shape index (κ2) is 24.6. The van der Waals surface area contributed by atoms with E-state index in [1.165, 1.54) is 198 Å². The fourth-order valence-electron chi connectivity index (χ4n) is 19.8. The zero-order valence-corrected chi connectivity index (χ0v) is 62.3. The van der Waals surface area contributed by atoms with Gasteiger partial charge in [-0.1, -0.05) is 345 Å². The molecule has 18 aromatic carbocycles. The van der Waals surface area contributed by atoms with Gasteiger partial charge >= 0.3 is 0 Å². The Balaban J connectivity index is 0.575. The topological polar surface area (TPSA) is 6.48 Å². The van der Waals surface area contributed by atoms with E-state index in [4.69, 9.17) is 0 Å². The van der Waals surface area contributed by atoms with Gasteiger partial charge in [0.25, 0.3) is 0 Å². The Hall–Kier alpha value is -12.9. The van der Waals surface area contributed by atoms with E-state index in [2.05, 4.69) is 403 Å². The minimum absolute atomic E-state index is 0.112. The molecular weight excluding hydrogens is 1310 g/mol. The number of anilines is 6. The highest BCUT2D eigenvalue weighted by atomic mass is 15.2. The molecule has 0 bridgehead atoms. The van der Waals surface area contributed by atoms with Gasteiger partial charge in [0.1, 0.15) is 0 Å². The molecule has 518 valence electrons. The van der Waals surface area contributed by atoms with E-state index in [1.54, 1.807) is 0 Å². The average molecular weight is 1390 g/mol. The molecule has 2 nitrogen and oxygen atoms in total. The largest absolute Gasteiger partial charge is 0.309 e. The average Bonchev–Trinajstić information content (AvgIpc) is 1.62. The number of rotatable bonds is 12. The zero-order chi connectivity index (χ0) is 73.0. The Bertz CT molecular complexity index is 6320. The lowest BCUT2D eigenvalue weighted by atomic mass is 9.73. The molecule has 0 heterocycles. The van der Waals surface area contributed by atoms with Gasteiger partial charge in [-0.05, 0) is 215 Å². The Morgan fingerprint density at radius 2 is 0.440 bits per heavy atom. The van der Waals surface area contributed by atoms with Crippen molar-refractivity contribution >= 4 is 145 Å². The molecule has 2 heteroatoms. The molecule has 0 atom stereocenters. The van der Waals surface area contributed by atoms with Gasteiger partial charge in [-0.15, -0.1) is 0 Å². The summed E-state index contributed by atoms with van der Waals surface area (Å²) in [4.78, 5) is 5.10. The molecule has 18 aromatic rings. The van der Waals surface area contributed by atoms with Crippen molar-refractivity contribution in [2.45, 2.75) is 70.6 Å². The van der Waals surface area contributed by atoms with E-state index in [0.717, 1.165) is 24.2 Å². The highest BCUT2D eigenvalue weighted by Gasteiger charge is 2.42. The summed E-state index contributed by atoms with van der Waals surface area (Å²) in [5.74, 6) is 0. The van der Waals surface area contributed by atoms with Gasteiger partial charge < -0.3 is 9.80 Å². The van der Waals surface area contributed by atoms with Crippen LogP contribution in [0.15, 0.2) is 328 Å². The summed E-state index contributed by atoms with van der Waals surface area (Å²) < 4.78 is 0. The number of hydrogen-bond donors (Lipinski definition) is 0. The van der Waals surface area contributed by atoms with E-state index >= 15 is 0 Å². The highest BCUT2D eigenvalue weighted by Crippen LogP contribution is 2.58. The second-order valence-electron chi connectivity index (χ2n) is 31.7. The molecule has 3 aliphatic rings. The summed E-state index contributed by atoms with van der Waals surface area (Å²) in [5, 5.41) is 19.8. The lowest BCUT2D eigenvalue weighted by molar-refractivity contribution is 0.490. The number of fused-ring (bicyclic) bond motifs is 21. The van der Waals surface area contributed by atoms with Crippen LogP contribution < -0.4 is 9.80 Å². The molecule has 0 saturated carbocycles. The highest BCUT2D eigenvalue weighted by molar-refractivity contribution is 6.21. The van der Waals surface area contributed by atoms with Gasteiger partial charge in [-0.25, -0.2) is 0 Å². The first kappa shape index (κ1) is 64.5. The van der Waals surface area contributed by atoms with E-state index in [9.17, 15) is 0 Å². The van der Waals surface area contributed by atoms with Gasteiger partial charge in [-0.2, -0.15) is 0 Å². The summed E-state index contributed by atoms with van der Waals surface area (Å²) in [6.45, 7) is 14.4. The summed E-state index contributed by atoms with van der Waals surface area (Å²) >= 11 is 0. The van der Waals surface area contributed by atoms with Gasteiger partial charge in [0.05, 0.1) is 22.7 Å². The van der Waals surface area contributed by atoms with Crippen LogP contribution >= 0.6 is 0 Å². The van der Waals surface area contributed by atoms with Gasteiger partial charge in [0, 0.05) is 49.2 Å². The quantitative estimate of drug-likeness (QED) is 0.0888. The smallest absolute Gasteiger partial charge is 0.0546 e. The van der Waals surface area contributed by atoms with Crippen molar-refractivity contribution in [2.75, 3.05) is 9.80 Å². The Labute approximate surface area is 637 Å². The summed E-state index contributed by atoms with van der Waals surface area (Å²) in [6.07, 6.45) is 11.4. The van der Waals surface area contributed by atoms with Crippen LogP contribution in [0.5, 0.6) is 0 Å². The van der Waals surface area contributed by atoms with E-state index < -0.39 is 0 Å². The molecule has 109 heavy (non-hydrogen) atoms. The molecule has 0 fully saturated rings. The second-order valence-corrected chi connectivity index (χ2v) is 31.7. The van der Waals surface area contributed by atoms with Gasteiger partial charge in [0.15, 0.2) is 0 Å². The van der Waals surface area contributed by atoms with Crippen LogP contribution in [-0.4, -0.2) is 0 Å². The van der Waals surface area contributed by atoms with Crippen LogP contribution in [0.1, 0.15) is 110 Å². The van der Waals surface area contributed by atoms with Crippen LogP contribution in [0, 0.1) is 0 Å². The van der Waals surface area contributed by atoms with Crippen molar-refractivity contribution < 1.29 is 0 Å². The minimum atomic E-state index is -0.269. The van der Waals surface area contributed by atoms with Crippen LogP contribution in [-0.2, 0) is 16.2 Å². The van der Waals surface area contributed by atoms with Crippen LogP contribution in [0.25, 0.3) is 144 Å². The lowest BCUT2D eigenvalue weighted by Gasteiger charge is -2.31. The van der Waals surface area contributed by atoms with E-state index in [-0.39, 0.29) is 16.2 Å². The molecule has 0 radical (unpaired) electrons. The van der Waals surface area contributed by atoms with Crippen molar-refractivity contribution in [3.05, 3.63) is 383 Å². The Morgan fingerprint density at radius 1 is 0.220 bits per heavy atom. The third-order valence-corrected chi connectivity index (χ3v) is 25.4. The van der Waals surface area contributed by atoms with Crippen molar-refractivity contribution in [3.63, 3.8) is 0 Å². The van der Waals surface area contributed by atoms with E-state index in [1.807, 2.05) is 0 Å². The summed E-state index contributed by atoms with van der Waals surface area (Å²) in [6, 6.07) is 124. The maximum absolute atomic E-state index is 2.55. The van der Waals surface area contributed by atoms with E-state index in [0.29, 0.717) is 0 Å². The minimum Gasteiger partial charge on any atom is -0.309 e. The predicted molar refractivity (Wildman–Crippen MR) is 469 cm³/mol. The molecule has 3 aliphatic carbocycles. The fourth-order valence-corrected chi connectivity index (χ4v) is 19.8. The van der Waals surface area contributed by atoms with Crippen LogP contribution in [0.3, 0.4) is 0 Å². The zero-order valence-electron chi connectivity index (χ0n) is 62.3. The molecule has 0 spiro atoms. The molecule has 0 amide bonds. The lowest BCUT2D eigenvalue weighted by Crippen LogP contribution is -2.23. The van der Waals surface area contributed by atoms with Crippen molar-refractivity contribution in [1.82, 2.24) is 0 Å². The van der Waals surface area contributed by atoms with Crippen LogP contribution in [0.2, 0.25) is 0 Å². The fraction of sp³-hybridized carbons (Fsp3) is 0.103. The molecular formula is C107H80N2. The third-order valence-electron chi connectivity index (χ3n) is 25.4. The molecule has 0 aromatic heterocycles. The maximum Gasteiger partial charge on any atom is 0.0546 e. The molecule has 0 saturated heterocycles. The van der Waals surface area contributed by atoms with Crippen molar-refractivity contribution in [3.8, 4) is 33.4 Å². The normalized spacial score (nSPS) is 14.2.